The summed E-state index contributed by atoms with van der Waals surface area (Å²) < 4.78 is 0. The summed E-state index contributed by atoms with van der Waals surface area (Å²) in [5, 5.41) is 10.1. The molecule has 1 aliphatic rings. The molecule has 15 heavy (non-hydrogen) atoms. The van der Waals surface area contributed by atoms with Crippen molar-refractivity contribution in [3.63, 3.8) is 0 Å². The molecule has 80 valence electrons. The highest BCUT2D eigenvalue weighted by Gasteiger charge is 2.29. The summed E-state index contributed by atoms with van der Waals surface area (Å²) >= 11 is 0. The van der Waals surface area contributed by atoms with Crippen LogP contribution in [0.4, 0.5) is 0 Å². The Labute approximate surface area is 89.2 Å². The van der Waals surface area contributed by atoms with Crippen molar-refractivity contribution in [2.75, 3.05) is 0 Å². The van der Waals surface area contributed by atoms with Gasteiger partial charge in [-0.1, -0.05) is 12.5 Å². The summed E-state index contributed by atoms with van der Waals surface area (Å²) in [6.07, 6.45) is 6.04. The predicted octanol–water partition coefficient (Wildman–Crippen LogP) is 1.87. The molecule has 3 heteroatoms. The fourth-order valence-electron chi connectivity index (χ4n) is 2.13. The van der Waals surface area contributed by atoms with E-state index in [1.54, 1.807) is 18.5 Å². The summed E-state index contributed by atoms with van der Waals surface area (Å²) in [5.74, 6) is -0.0273. The van der Waals surface area contributed by atoms with Crippen molar-refractivity contribution in [1.29, 1.82) is 0 Å². The molecule has 2 atom stereocenters. The van der Waals surface area contributed by atoms with Gasteiger partial charge in [-0.25, -0.2) is 0 Å². The normalized spacial score (nSPS) is 23.8. The first-order valence-corrected chi connectivity index (χ1v) is 5.40. The number of rotatable bonds is 2. The third kappa shape index (κ3) is 2.23. The fourth-order valence-corrected chi connectivity index (χ4v) is 2.13. The Bertz CT molecular complexity index is 337. The number of aromatic nitrogens is 1. The third-order valence-corrected chi connectivity index (χ3v) is 3.01. The second-order valence-electron chi connectivity index (χ2n) is 4.05. The maximum absolute atomic E-state index is 11.6. The molecule has 1 fully saturated rings. The number of pyridine rings is 1. The molecule has 3 nitrogen and oxygen atoms in total. The predicted molar refractivity (Wildman–Crippen MR) is 56.2 cm³/mol. The number of aliphatic hydroxyl groups excluding tert-OH is 1. The first kappa shape index (κ1) is 10.3. The van der Waals surface area contributed by atoms with Gasteiger partial charge < -0.3 is 5.11 Å². The lowest BCUT2D eigenvalue weighted by Crippen LogP contribution is -2.25. The van der Waals surface area contributed by atoms with Gasteiger partial charge in [-0.2, -0.15) is 0 Å². The van der Waals surface area contributed by atoms with Gasteiger partial charge in [0.1, 0.15) is 5.78 Å². The number of aliphatic hydroxyl groups is 1. The van der Waals surface area contributed by atoms with E-state index in [0.29, 0.717) is 6.42 Å². The molecule has 0 aliphatic heterocycles. The van der Waals surface area contributed by atoms with E-state index in [2.05, 4.69) is 4.98 Å². The summed E-state index contributed by atoms with van der Waals surface area (Å²) in [6, 6.07) is 3.60. The Morgan fingerprint density at radius 3 is 3.00 bits per heavy atom. The first-order chi connectivity index (χ1) is 7.29. The van der Waals surface area contributed by atoms with Gasteiger partial charge in [-0.3, -0.25) is 9.78 Å². The summed E-state index contributed by atoms with van der Waals surface area (Å²) in [4.78, 5) is 15.6. The van der Waals surface area contributed by atoms with Crippen molar-refractivity contribution in [3.05, 3.63) is 30.1 Å². The number of nitrogens with zero attached hydrogens (tertiary/aromatic N) is 1. The molecule has 0 spiro atoms. The molecule has 1 heterocycles. The second-order valence-corrected chi connectivity index (χ2v) is 4.05. The summed E-state index contributed by atoms with van der Waals surface area (Å²) in [7, 11) is 0. The van der Waals surface area contributed by atoms with E-state index in [0.717, 1.165) is 24.8 Å². The zero-order valence-corrected chi connectivity index (χ0v) is 8.60. The minimum Gasteiger partial charge on any atom is -0.388 e. The smallest absolute Gasteiger partial charge is 0.138 e. The van der Waals surface area contributed by atoms with Crippen molar-refractivity contribution in [2.24, 2.45) is 5.92 Å². The molecule has 0 saturated heterocycles. The third-order valence-electron chi connectivity index (χ3n) is 3.01. The lowest BCUT2D eigenvalue weighted by molar-refractivity contribution is -0.128. The van der Waals surface area contributed by atoms with Crippen molar-refractivity contribution in [2.45, 2.75) is 31.8 Å². The minimum absolute atomic E-state index is 0.192. The molecule has 1 aromatic rings. The molecule has 1 aromatic heterocycles. The molecular formula is C12H15NO2. The van der Waals surface area contributed by atoms with Crippen LogP contribution in [-0.2, 0) is 4.79 Å². The van der Waals surface area contributed by atoms with Crippen LogP contribution in [0, 0.1) is 5.92 Å². The molecule has 1 saturated carbocycles. The standard InChI is InChI=1S/C12H15NO2/c14-11-6-2-1-5-10(11)12(15)9-4-3-7-13-8-9/h3-4,7-8,10,12,15H,1-2,5-6H2/t10-,12-/m0/s1. The molecule has 0 aromatic carbocycles. The molecular weight excluding hydrogens is 190 g/mol. The second kappa shape index (κ2) is 4.53. The van der Waals surface area contributed by atoms with Gasteiger partial charge in [0.25, 0.3) is 0 Å². The molecule has 0 bridgehead atoms. The number of Topliss-reactive ketones (excluding diaryl/α,β-unsaturated/α-hetero) is 1. The van der Waals surface area contributed by atoms with Crippen molar-refractivity contribution >= 4 is 5.78 Å². The van der Waals surface area contributed by atoms with Crippen LogP contribution < -0.4 is 0 Å². The van der Waals surface area contributed by atoms with Gasteiger partial charge in [0.15, 0.2) is 0 Å². The van der Waals surface area contributed by atoms with E-state index in [9.17, 15) is 9.90 Å². The zero-order chi connectivity index (χ0) is 10.7. The van der Waals surface area contributed by atoms with Crippen LogP contribution in [0.3, 0.4) is 0 Å². The van der Waals surface area contributed by atoms with E-state index < -0.39 is 6.10 Å². The van der Waals surface area contributed by atoms with Crippen LogP contribution in [0.2, 0.25) is 0 Å². The maximum atomic E-state index is 11.6. The molecule has 0 amide bonds. The fraction of sp³-hybridized carbons (Fsp3) is 0.500. The number of hydrogen-bond donors (Lipinski definition) is 1. The zero-order valence-electron chi connectivity index (χ0n) is 8.60. The molecule has 1 N–H and O–H groups in total. The van der Waals surface area contributed by atoms with Crippen molar-refractivity contribution < 1.29 is 9.90 Å². The van der Waals surface area contributed by atoms with Crippen LogP contribution in [0.5, 0.6) is 0 Å². The largest absolute Gasteiger partial charge is 0.388 e. The van der Waals surface area contributed by atoms with Crippen LogP contribution in [0.1, 0.15) is 37.4 Å². The highest BCUT2D eigenvalue weighted by Crippen LogP contribution is 2.31. The average Bonchev–Trinajstić information content (AvgIpc) is 2.30. The first-order valence-electron chi connectivity index (χ1n) is 5.40. The minimum atomic E-state index is -0.675. The average molecular weight is 205 g/mol. The van der Waals surface area contributed by atoms with Gasteiger partial charge in [0, 0.05) is 24.7 Å². The molecule has 1 aliphatic carbocycles. The maximum Gasteiger partial charge on any atom is 0.138 e. The van der Waals surface area contributed by atoms with E-state index in [-0.39, 0.29) is 11.7 Å². The van der Waals surface area contributed by atoms with Gasteiger partial charge in [0.05, 0.1) is 6.10 Å². The number of carbonyl (C=O) groups excluding carboxylic acids is 1. The van der Waals surface area contributed by atoms with E-state index in [4.69, 9.17) is 0 Å². The quantitative estimate of drug-likeness (QED) is 0.802. The van der Waals surface area contributed by atoms with Gasteiger partial charge in [0.2, 0.25) is 0 Å². The van der Waals surface area contributed by atoms with Crippen LogP contribution in [0.25, 0.3) is 0 Å². The Kier molecular flexibility index (Phi) is 3.11. The molecule has 0 unspecified atom stereocenters. The van der Waals surface area contributed by atoms with Crippen LogP contribution in [0.15, 0.2) is 24.5 Å². The SMILES string of the molecule is O=C1CCCC[C@@H]1[C@@H](O)c1cccnc1. The van der Waals surface area contributed by atoms with Gasteiger partial charge >= 0.3 is 0 Å². The highest BCUT2D eigenvalue weighted by atomic mass is 16.3. The van der Waals surface area contributed by atoms with Gasteiger partial charge in [-0.15, -0.1) is 0 Å². The van der Waals surface area contributed by atoms with Crippen LogP contribution >= 0.6 is 0 Å². The Morgan fingerprint density at radius 1 is 1.47 bits per heavy atom. The van der Waals surface area contributed by atoms with E-state index >= 15 is 0 Å². The van der Waals surface area contributed by atoms with Crippen LogP contribution in [-0.4, -0.2) is 15.9 Å². The lowest BCUT2D eigenvalue weighted by atomic mass is 9.82. The Hall–Kier alpha value is -1.22. The monoisotopic (exact) mass is 205 g/mol. The number of carbonyl (C=O) groups is 1. The topological polar surface area (TPSA) is 50.2 Å². The Balaban J connectivity index is 2.13. The summed E-state index contributed by atoms with van der Waals surface area (Å²) in [6.45, 7) is 0. The van der Waals surface area contributed by atoms with Crippen molar-refractivity contribution in [3.8, 4) is 0 Å². The molecule has 0 radical (unpaired) electrons. The van der Waals surface area contributed by atoms with E-state index in [1.807, 2.05) is 6.07 Å². The number of ketones is 1. The number of hydrogen-bond acceptors (Lipinski definition) is 3. The van der Waals surface area contributed by atoms with E-state index in [1.165, 1.54) is 0 Å². The lowest BCUT2D eigenvalue weighted by Gasteiger charge is -2.25. The Morgan fingerprint density at radius 2 is 2.33 bits per heavy atom. The van der Waals surface area contributed by atoms with Crippen molar-refractivity contribution in [1.82, 2.24) is 4.98 Å². The van der Waals surface area contributed by atoms with Gasteiger partial charge in [-0.05, 0) is 24.5 Å². The summed E-state index contributed by atoms with van der Waals surface area (Å²) in [5.41, 5.74) is 0.748. The highest BCUT2D eigenvalue weighted by molar-refractivity contribution is 5.82. The molecule has 2 rings (SSSR count).